The second-order valence-corrected chi connectivity index (χ2v) is 6.08. The zero-order valence-electron chi connectivity index (χ0n) is 14.6. The first-order chi connectivity index (χ1) is 12.0. The van der Waals surface area contributed by atoms with Gasteiger partial charge in [0.15, 0.2) is 5.76 Å². The summed E-state index contributed by atoms with van der Waals surface area (Å²) in [6, 6.07) is 5.60. The third-order valence-corrected chi connectivity index (χ3v) is 4.20. The molecule has 0 aliphatic heterocycles. The van der Waals surface area contributed by atoms with Crippen LogP contribution in [0.5, 0.6) is 0 Å². The fraction of sp³-hybridized carbons (Fsp3) is 0.333. The van der Waals surface area contributed by atoms with Gasteiger partial charge in [0.05, 0.1) is 12.2 Å². The van der Waals surface area contributed by atoms with E-state index >= 15 is 0 Å². The van der Waals surface area contributed by atoms with Crippen molar-refractivity contribution in [1.82, 2.24) is 25.2 Å². The quantitative estimate of drug-likeness (QED) is 0.746. The lowest BCUT2D eigenvalue weighted by Crippen LogP contribution is -2.26. The number of nitrogens with zero attached hydrogens (tertiary/aromatic N) is 4. The van der Waals surface area contributed by atoms with Crippen LogP contribution in [0, 0.1) is 13.8 Å². The van der Waals surface area contributed by atoms with Crippen LogP contribution in [0.1, 0.15) is 29.1 Å². The third kappa shape index (κ3) is 3.93. The molecule has 3 heterocycles. The highest BCUT2D eigenvalue weighted by Gasteiger charge is 2.15. The summed E-state index contributed by atoms with van der Waals surface area (Å²) >= 11 is 0. The first kappa shape index (κ1) is 16.9. The number of H-pyrrole nitrogens is 1. The molecule has 3 aromatic rings. The first-order valence-electron chi connectivity index (χ1n) is 8.15. The predicted octanol–water partition coefficient (Wildman–Crippen LogP) is 2.67. The Balaban J connectivity index is 1.58. The van der Waals surface area contributed by atoms with Crippen molar-refractivity contribution in [1.29, 1.82) is 0 Å². The Morgan fingerprint density at radius 1 is 1.36 bits per heavy atom. The number of hydrogen-bond acceptors (Lipinski definition) is 5. The SMILES string of the molecule is Cc1n[nH]c(C)c1CCC(=O)N(C)Cc1cc(-c2cccnc2)no1. The number of aryl methyl sites for hydroxylation is 2. The van der Waals surface area contributed by atoms with Gasteiger partial charge >= 0.3 is 0 Å². The molecule has 0 aliphatic carbocycles. The lowest BCUT2D eigenvalue weighted by molar-refractivity contribution is -0.130. The monoisotopic (exact) mass is 339 g/mol. The molecule has 0 aliphatic rings. The van der Waals surface area contributed by atoms with Crippen LogP contribution in [0.4, 0.5) is 0 Å². The molecule has 0 fully saturated rings. The number of carbonyl (C=O) groups is 1. The third-order valence-electron chi connectivity index (χ3n) is 4.20. The summed E-state index contributed by atoms with van der Waals surface area (Å²) in [6.45, 7) is 4.30. The zero-order valence-corrected chi connectivity index (χ0v) is 14.6. The average Bonchev–Trinajstić information content (AvgIpc) is 3.21. The molecule has 3 aromatic heterocycles. The van der Waals surface area contributed by atoms with E-state index in [-0.39, 0.29) is 5.91 Å². The maximum atomic E-state index is 12.4. The van der Waals surface area contributed by atoms with Gasteiger partial charge in [0.2, 0.25) is 5.91 Å². The minimum absolute atomic E-state index is 0.0549. The molecule has 0 unspecified atom stereocenters. The Hall–Kier alpha value is -2.96. The normalized spacial score (nSPS) is 10.8. The van der Waals surface area contributed by atoms with Crippen molar-refractivity contribution in [3.63, 3.8) is 0 Å². The Bertz CT molecular complexity index is 834. The first-order valence-corrected chi connectivity index (χ1v) is 8.15. The molecule has 0 radical (unpaired) electrons. The fourth-order valence-electron chi connectivity index (χ4n) is 2.72. The number of aromatic amines is 1. The van der Waals surface area contributed by atoms with Crippen LogP contribution < -0.4 is 0 Å². The highest BCUT2D eigenvalue weighted by Crippen LogP contribution is 2.19. The van der Waals surface area contributed by atoms with Gasteiger partial charge in [-0.15, -0.1) is 0 Å². The van der Waals surface area contributed by atoms with Crippen molar-refractivity contribution in [2.45, 2.75) is 33.2 Å². The van der Waals surface area contributed by atoms with E-state index < -0.39 is 0 Å². The zero-order chi connectivity index (χ0) is 17.8. The van der Waals surface area contributed by atoms with Crippen molar-refractivity contribution in [3.8, 4) is 11.3 Å². The number of amides is 1. The van der Waals surface area contributed by atoms with Gasteiger partial charge in [0.25, 0.3) is 0 Å². The van der Waals surface area contributed by atoms with Gasteiger partial charge in [0, 0.05) is 43.2 Å². The number of nitrogens with one attached hydrogen (secondary N) is 1. The van der Waals surface area contributed by atoms with Crippen LogP contribution in [0.25, 0.3) is 11.3 Å². The van der Waals surface area contributed by atoms with Gasteiger partial charge in [-0.25, -0.2) is 0 Å². The Kier molecular flexibility index (Phi) is 4.92. The molecule has 3 rings (SSSR count). The van der Waals surface area contributed by atoms with Crippen LogP contribution >= 0.6 is 0 Å². The van der Waals surface area contributed by atoms with Crippen molar-refractivity contribution in [2.75, 3.05) is 7.05 Å². The summed E-state index contributed by atoms with van der Waals surface area (Å²) in [7, 11) is 1.77. The van der Waals surface area contributed by atoms with E-state index in [1.807, 2.05) is 32.0 Å². The molecule has 0 saturated heterocycles. The molecule has 0 saturated carbocycles. The minimum Gasteiger partial charge on any atom is -0.359 e. The van der Waals surface area contributed by atoms with Crippen molar-refractivity contribution in [3.05, 3.63) is 53.3 Å². The molecule has 0 bridgehead atoms. The van der Waals surface area contributed by atoms with Gasteiger partial charge < -0.3 is 9.42 Å². The van der Waals surface area contributed by atoms with Crippen LogP contribution in [-0.2, 0) is 17.8 Å². The fourth-order valence-corrected chi connectivity index (χ4v) is 2.72. The highest BCUT2D eigenvalue weighted by molar-refractivity contribution is 5.76. The van der Waals surface area contributed by atoms with Crippen molar-refractivity contribution in [2.24, 2.45) is 0 Å². The number of aromatic nitrogens is 4. The Morgan fingerprint density at radius 2 is 2.20 bits per heavy atom. The smallest absolute Gasteiger partial charge is 0.223 e. The van der Waals surface area contributed by atoms with E-state index in [4.69, 9.17) is 4.52 Å². The summed E-state index contributed by atoms with van der Waals surface area (Å²) in [4.78, 5) is 18.1. The largest absolute Gasteiger partial charge is 0.359 e. The van der Waals surface area contributed by atoms with E-state index in [0.29, 0.717) is 30.8 Å². The molecule has 7 heteroatoms. The topological polar surface area (TPSA) is 87.9 Å². The standard InChI is InChI=1S/C18H21N5O2/c1-12-16(13(2)21-20-12)6-7-18(24)23(3)11-15-9-17(22-25-15)14-5-4-8-19-10-14/h4-5,8-10H,6-7,11H2,1-3H3,(H,20,21). The summed E-state index contributed by atoms with van der Waals surface area (Å²) < 4.78 is 5.34. The van der Waals surface area contributed by atoms with Gasteiger partial charge in [-0.3, -0.25) is 14.9 Å². The summed E-state index contributed by atoms with van der Waals surface area (Å²) in [5, 5.41) is 11.1. The highest BCUT2D eigenvalue weighted by atomic mass is 16.5. The van der Waals surface area contributed by atoms with Crippen LogP contribution in [0.2, 0.25) is 0 Å². The molecule has 130 valence electrons. The number of carbonyl (C=O) groups excluding carboxylic acids is 1. The molecule has 25 heavy (non-hydrogen) atoms. The van der Waals surface area contributed by atoms with Gasteiger partial charge in [-0.05, 0) is 38.0 Å². The maximum Gasteiger partial charge on any atom is 0.223 e. The number of hydrogen-bond donors (Lipinski definition) is 1. The van der Waals surface area contributed by atoms with Gasteiger partial charge in [0.1, 0.15) is 5.69 Å². The summed E-state index contributed by atoms with van der Waals surface area (Å²) in [6.07, 6.45) is 4.54. The summed E-state index contributed by atoms with van der Waals surface area (Å²) in [5.41, 5.74) is 4.68. The second kappa shape index (κ2) is 7.29. The number of pyridine rings is 1. The molecular weight excluding hydrogens is 318 g/mol. The van der Waals surface area contributed by atoms with Crippen LogP contribution in [0.3, 0.4) is 0 Å². The van der Waals surface area contributed by atoms with E-state index in [0.717, 1.165) is 22.5 Å². The average molecular weight is 339 g/mol. The van der Waals surface area contributed by atoms with E-state index in [9.17, 15) is 4.79 Å². The minimum atomic E-state index is 0.0549. The van der Waals surface area contributed by atoms with Gasteiger partial charge in [-0.2, -0.15) is 5.10 Å². The lowest BCUT2D eigenvalue weighted by Gasteiger charge is -2.15. The van der Waals surface area contributed by atoms with Crippen LogP contribution in [-0.4, -0.2) is 38.2 Å². The Labute approximate surface area is 146 Å². The van der Waals surface area contributed by atoms with E-state index in [2.05, 4.69) is 20.3 Å². The summed E-state index contributed by atoms with van der Waals surface area (Å²) in [5.74, 6) is 0.699. The molecular formula is C18H21N5O2. The molecule has 7 nitrogen and oxygen atoms in total. The van der Waals surface area contributed by atoms with E-state index in [1.165, 1.54) is 0 Å². The lowest BCUT2D eigenvalue weighted by atomic mass is 10.1. The molecule has 0 atom stereocenters. The Morgan fingerprint density at radius 3 is 2.88 bits per heavy atom. The van der Waals surface area contributed by atoms with Crippen LogP contribution in [0.15, 0.2) is 35.1 Å². The van der Waals surface area contributed by atoms with Gasteiger partial charge in [-0.1, -0.05) is 5.16 Å². The number of rotatable bonds is 6. The molecule has 0 spiro atoms. The second-order valence-electron chi connectivity index (χ2n) is 6.08. The van der Waals surface area contributed by atoms with Crippen molar-refractivity contribution >= 4 is 5.91 Å². The predicted molar refractivity (Wildman–Crippen MR) is 92.6 cm³/mol. The van der Waals surface area contributed by atoms with Crippen molar-refractivity contribution < 1.29 is 9.32 Å². The molecule has 1 amide bonds. The molecule has 0 aromatic carbocycles. The van der Waals surface area contributed by atoms with E-state index in [1.54, 1.807) is 24.3 Å². The molecule has 1 N–H and O–H groups in total. The maximum absolute atomic E-state index is 12.4.